The van der Waals surface area contributed by atoms with Crippen molar-refractivity contribution in [1.29, 1.82) is 0 Å². The molecule has 0 unspecified atom stereocenters. The first-order chi connectivity index (χ1) is 9.08. The summed E-state index contributed by atoms with van der Waals surface area (Å²) < 4.78 is 10.6. The van der Waals surface area contributed by atoms with Crippen LogP contribution in [0.3, 0.4) is 0 Å². The molecule has 7 heteroatoms. The third-order valence-corrected chi connectivity index (χ3v) is 3.45. The van der Waals surface area contributed by atoms with Crippen LogP contribution in [0.1, 0.15) is 13.8 Å². The van der Waals surface area contributed by atoms with Gasteiger partial charge in [-0.05, 0) is 35.8 Å². The first-order valence-electron chi connectivity index (χ1n) is 5.63. The molecule has 1 rings (SSSR count). The highest BCUT2D eigenvalue weighted by atomic mass is 79.9. The van der Waals surface area contributed by atoms with Gasteiger partial charge in [0.2, 0.25) is 0 Å². The Bertz CT molecular complexity index is 464. The number of halogens is 1. The van der Waals surface area contributed by atoms with Crippen LogP contribution in [0.4, 0.5) is 5.69 Å². The van der Waals surface area contributed by atoms with Gasteiger partial charge < -0.3 is 14.8 Å². The molecule has 0 radical (unpaired) electrons. The van der Waals surface area contributed by atoms with E-state index in [9.17, 15) is 9.59 Å². The first-order valence-corrected chi connectivity index (χ1v) is 7.30. The number of hydrogen-bond donors (Lipinski definition) is 1. The summed E-state index contributed by atoms with van der Waals surface area (Å²) in [4.78, 5) is 23.3. The smallest absolute Gasteiger partial charge is 0.347 e. The molecule has 0 amide bonds. The van der Waals surface area contributed by atoms with Crippen molar-refractivity contribution in [2.45, 2.75) is 13.8 Å². The van der Waals surface area contributed by atoms with Gasteiger partial charge in [-0.25, -0.2) is 9.59 Å². The Morgan fingerprint density at radius 2 is 1.89 bits per heavy atom. The van der Waals surface area contributed by atoms with E-state index in [1.54, 1.807) is 13.8 Å². The third-order valence-electron chi connectivity index (χ3n) is 1.94. The van der Waals surface area contributed by atoms with E-state index in [1.165, 1.54) is 17.5 Å². The maximum absolute atomic E-state index is 11.6. The second-order valence-corrected chi connectivity index (χ2v) is 5.57. The van der Waals surface area contributed by atoms with Crippen molar-refractivity contribution in [2.75, 3.05) is 18.5 Å². The first kappa shape index (κ1) is 15.7. The van der Waals surface area contributed by atoms with Crippen LogP contribution in [0.15, 0.2) is 27.0 Å². The molecule has 1 aromatic rings. The molecule has 1 heterocycles. The van der Waals surface area contributed by atoms with Crippen molar-refractivity contribution in [3.63, 3.8) is 0 Å². The lowest BCUT2D eigenvalue weighted by atomic mass is 10.3. The summed E-state index contributed by atoms with van der Waals surface area (Å²) in [5, 5.41) is 4.70. The second-order valence-electron chi connectivity index (χ2n) is 3.28. The van der Waals surface area contributed by atoms with Crippen molar-refractivity contribution in [3.8, 4) is 0 Å². The summed E-state index contributed by atoms with van der Waals surface area (Å²) in [7, 11) is 0. The van der Waals surface area contributed by atoms with E-state index in [4.69, 9.17) is 9.47 Å². The standard InChI is InChI=1S/C12H14BrNO4S/c1-3-17-11(15)9(12(16)18-4-2)6-14-8-5-10(13)19-7-8/h5-7,14H,3-4H2,1-2H3. The molecule has 0 atom stereocenters. The molecule has 0 bridgehead atoms. The van der Waals surface area contributed by atoms with E-state index >= 15 is 0 Å². The second kappa shape index (κ2) is 7.96. The molecule has 5 nitrogen and oxygen atoms in total. The third kappa shape index (κ3) is 5.04. The van der Waals surface area contributed by atoms with E-state index in [0.717, 1.165) is 9.47 Å². The number of esters is 2. The van der Waals surface area contributed by atoms with Crippen LogP contribution in [-0.4, -0.2) is 25.2 Å². The fourth-order valence-corrected chi connectivity index (χ4v) is 2.26. The molecule has 0 aliphatic carbocycles. The van der Waals surface area contributed by atoms with Crippen LogP contribution in [-0.2, 0) is 19.1 Å². The molecule has 0 saturated carbocycles. The van der Waals surface area contributed by atoms with Gasteiger partial charge in [0, 0.05) is 11.6 Å². The molecule has 104 valence electrons. The monoisotopic (exact) mass is 347 g/mol. The largest absolute Gasteiger partial charge is 0.462 e. The Balaban J connectivity index is 2.82. The minimum Gasteiger partial charge on any atom is -0.462 e. The van der Waals surface area contributed by atoms with Crippen molar-refractivity contribution in [2.24, 2.45) is 0 Å². The number of ether oxygens (including phenoxy) is 2. The fourth-order valence-electron chi connectivity index (χ4n) is 1.16. The number of rotatable bonds is 6. The van der Waals surface area contributed by atoms with Gasteiger partial charge in [-0.3, -0.25) is 0 Å². The SMILES string of the molecule is CCOC(=O)C(=CNc1csc(Br)c1)C(=O)OCC. The van der Waals surface area contributed by atoms with E-state index in [-0.39, 0.29) is 18.8 Å². The number of carbonyl (C=O) groups is 2. The molecule has 0 aromatic carbocycles. The van der Waals surface area contributed by atoms with Gasteiger partial charge in [-0.15, -0.1) is 11.3 Å². The molecule has 0 aliphatic rings. The lowest BCUT2D eigenvalue weighted by molar-refractivity contribution is -0.146. The van der Waals surface area contributed by atoms with Crippen LogP contribution < -0.4 is 5.32 Å². The quantitative estimate of drug-likeness (QED) is 0.371. The summed E-state index contributed by atoms with van der Waals surface area (Å²) in [5.74, 6) is -1.41. The lowest BCUT2D eigenvalue weighted by Gasteiger charge is -2.06. The van der Waals surface area contributed by atoms with Crippen LogP contribution in [0.2, 0.25) is 0 Å². The van der Waals surface area contributed by atoms with Gasteiger partial charge >= 0.3 is 11.9 Å². The predicted molar refractivity (Wildman–Crippen MR) is 77.0 cm³/mol. The Labute approximate surface area is 123 Å². The Morgan fingerprint density at radius 1 is 1.32 bits per heavy atom. The minimum absolute atomic E-state index is 0.161. The molecule has 1 aromatic heterocycles. The van der Waals surface area contributed by atoms with E-state index in [1.807, 2.05) is 11.4 Å². The maximum atomic E-state index is 11.6. The average Bonchev–Trinajstić information content (AvgIpc) is 2.76. The Morgan fingerprint density at radius 3 is 2.32 bits per heavy atom. The minimum atomic E-state index is -0.706. The summed E-state index contributed by atoms with van der Waals surface area (Å²) in [6.45, 7) is 3.73. The molecular formula is C12H14BrNO4S. The molecule has 0 aliphatic heterocycles. The normalized spacial score (nSPS) is 9.63. The zero-order valence-electron chi connectivity index (χ0n) is 10.6. The van der Waals surface area contributed by atoms with E-state index in [0.29, 0.717) is 0 Å². The fraction of sp³-hybridized carbons (Fsp3) is 0.333. The van der Waals surface area contributed by atoms with Crippen LogP contribution in [0, 0.1) is 0 Å². The zero-order chi connectivity index (χ0) is 14.3. The summed E-state index contributed by atoms with van der Waals surface area (Å²) in [5.41, 5.74) is 0.606. The van der Waals surface area contributed by atoms with Crippen molar-refractivity contribution in [1.82, 2.24) is 0 Å². The van der Waals surface area contributed by atoms with Crippen LogP contribution >= 0.6 is 27.3 Å². The number of hydrogen-bond acceptors (Lipinski definition) is 6. The van der Waals surface area contributed by atoms with Crippen molar-refractivity contribution >= 4 is 44.9 Å². The maximum Gasteiger partial charge on any atom is 0.347 e. The highest BCUT2D eigenvalue weighted by Gasteiger charge is 2.20. The lowest BCUT2D eigenvalue weighted by Crippen LogP contribution is -2.19. The summed E-state index contributed by atoms with van der Waals surface area (Å²) >= 11 is 4.81. The van der Waals surface area contributed by atoms with Crippen molar-refractivity contribution < 1.29 is 19.1 Å². The van der Waals surface area contributed by atoms with Gasteiger partial charge in [0.1, 0.15) is 0 Å². The van der Waals surface area contributed by atoms with Gasteiger partial charge in [0.25, 0.3) is 0 Å². The molecule has 0 spiro atoms. The Hall–Kier alpha value is -1.34. The van der Waals surface area contributed by atoms with Gasteiger partial charge in [-0.2, -0.15) is 0 Å². The highest BCUT2D eigenvalue weighted by molar-refractivity contribution is 9.11. The predicted octanol–water partition coefficient (Wildman–Crippen LogP) is 2.93. The molecule has 19 heavy (non-hydrogen) atoms. The topological polar surface area (TPSA) is 64.6 Å². The van der Waals surface area contributed by atoms with Crippen LogP contribution in [0.5, 0.6) is 0 Å². The number of anilines is 1. The van der Waals surface area contributed by atoms with Crippen molar-refractivity contribution in [3.05, 3.63) is 27.0 Å². The number of nitrogens with one attached hydrogen (secondary N) is 1. The zero-order valence-corrected chi connectivity index (χ0v) is 13.0. The number of thiophene rings is 1. The van der Waals surface area contributed by atoms with E-state index in [2.05, 4.69) is 21.2 Å². The molecular weight excluding hydrogens is 334 g/mol. The molecule has 0 fully saturated rings. The highest BCUT2D eigenvalue weighted by Crippen LogP contribution is 2.24. The average molecular weight is 348 g/mol. The van der Waals surface area contributed by atoms with Gasteiger partial charge in [0.05, 0.1) is 22.7 Å². The number of carbonyl (C=O) groups excluding carboxylic acids is 2. The van der Waals surface area contributed by atoms with Gasteiger partial charge in [0.15, 0.2) is 5.57 Å². The Kier molecular flexibility index (Phi) is 6.58. The van der Waals surface area contributed by atoms with Gasteiger partial charge in [-0.1, -0.05) is 0 Å². The molecule has 1 N–H and O–H groups in total. The molecule has 0 saturated heterocycles. The summed E-state index contributed by atoms with van der Waals surface area (Å²) in [6, 6.07) is 1.83. The summed E-state index contributed by atoms with van der Waals surface area (Å²) in [6.07, 6.45) is 1.30. The van der Waals surface area contributed by atoms with Crippen LogP contribution in [0.25, 0.3) is 0 Å². The van der Waals surface area contributed by atoms with E-state index < -0.39 is 11.9 Å².